The molecule has 20 heavy (non-hydrogen) atoms. The van der Waals surface area contributed by atoms with Crippen LogP contribution in [0.15, 0.2) is 24.3 Å². The van der Waals surface area contributed by atoms with E-state index < -0.39 is 5.97 Å². The second-order valence-corrected chi connectivity index (χ2v) is 5.86. The van der Waals surface area contributed by atoms with Crippen molar-refractivity contribution in [3.05, 3.63) is 34.8 Å². The fourth-order valence-corrected chi connectivity index (χ4v) is 3.15. The summed E-state index contributed by atoms with van der Waals surface area (Å²) in [6, 6.07) is 7.63. The fourth-order valence-electron chi connectivity index (χ4n) is 1.94. The van der Waals surface area contributed by atoms with Crippen LogP contribution in [-0.2, 0) is 11.2 Å². The standard InChI is InChI=1S/C15H17NO3S/c1-9(2)14-12(8-13(17)18)20-15(16-14)10-4-6-11(19-3)7-5-10/h4-7,9H,8H2,1-3H3,(H,17,18). The average Bonchev–Trinajstić information content (AvgIpc) is 2.82. The molecular formula is C15H17NO3S. The van der Waals surface area contributed by atoms with E-state index in [2.05, 4.69) is 4.98 Å². The van der Waals surface area contributed by atoms with E-state index in [1.165, 1.54) is 11.3 Å². The van der Waals surface area contributed by atoms with Crippen molar-refractivity contribution in [3.63, 3.8) is 0 Å². The van der Waals surface area contributed by atoms with Gasteiger partial charge in [0, 0.05) is 10.4 Å². The van der Waals surface area contributed by atoms with Crippen molar-refractivity contribution in [3.8, 4) is 16.3 Å². The first-order chi connectivity index (χ1) is 9.51. The monoisotopic (exact) mass is 291 g/mol. The molecule has 0 bridgehead atoms. The third-order valence-electron chi connectivity index (χ3n) is 2.92. The maximum absolute atomic E-state index is 10.9. The van der Waals surface area contributed by atoms with E-state index in [0.29, 0.717) is 0 Å². The summed E-state index contributed by atoms with van der Waals surface area (Å²) < 4.78 is 5.13. The summed E-state index contributed by atoms with van der Waals surface area (Å²) in [4.78, 5) is 16.4. The van der Waals surface area contributed by atoms with Gasteiger partial charge in [-0.2, -0.15) is 0 Å². The first-order valence-corrected chi connectivity index (χ1v) is 7.18. The third-order valence-corrected chi connectivity index (χ3v) is 4.04. The lowest BCUT2D eigenvalue weighted by Crippen LogP contribution is -2.02. The molecule has 0 radical (unpaired) electrons. The smallest absolute Gasteiger partial charge is 0.308 e. The molecule has 0 fully saturated rings. The Morgan fingerprint density at radius 2 is 2.00 bits per heavy atom. The Morgan fingerprint density at radius 3 is 2.50 bits per heavy atom. The van der Waals surface area contributed by atoms with Crippen molar-refractivity contribution in [2.45, 2.75) is 26.2 Å². The molecule has 1 aromatic carbocycles. The molecule has 0 aliphatic heterocycles. The summed E-state index contributed by atoms with van der Waals surface area (Å²) in [7, 11) is 1.63. The highest BCUT2D eigenvalue weighted by atomic mass is 32.1. The summed E-state index contributed by atoms with van der Waals surface area (Å²) in [6.07, 6.45) is 0.0291. The zero-order chi connectivity index (χ0) is 14.7. The summed E-state index contributed by atoms with van der Waals surface area (Å²) in [6.45, 7) is 4.05. The second kappa shape index (κ2) is 6.05. The van der Waals surface area contributed by atoms with Crippen molar-refractivity contribution in [2.24, 2.45) is 0 Å². The number of rotatable bonds is 5. The quantitative estimate of drug-likeness (QED) is 0.915. The van der Waals surface area contributed by atoms with Gasteiger partial charge in [0.05, 0.1) is 19.2 Å². The van der Waals surface area contributed by atoms with E-state index in [0.717, 1.165) is 26.9 Å². The Hall–Kier alpha value is -1.88. The van der Waals surface area contributed by atoms with Gasteiger partial charge in [-0.1, -0.05) is 13.8 Å². The van der Waals surface area contributed by atoms with Crippen molar-refractivity contribution in [2.75, 3.05) is 7.11 Å². The molecule has 0 spiro atoms. The Bertz CT molecular complexity index is 602. The number of carboxylic acid groups (broad SMARTS) is 1. The van der Waals surface area contributed by atoms with Crippen molar-refractivity contribution < 1.29 is 14.6 Å². The number of nitrogens with zero attached hydrogens (tertiary/aromatic N) is 1. The SMILES string of the molecule is COc1ccc(-c2nc(C(C)C)c(CC(=O)O)s2)cc1. The lowest BCUT2D eigenvalue weighted by Gasteiger charge is -2.02. The molecule has 0 unspecified atom stereocenters. The molecule has 1 aromatic heterocycles. The first-order valence-electron chi connectivity index (χ1n) is 6.37. The number of carbonyl (C=O) groups is 1. The van der Waals surface area contributed by atoms with E-state index in [1.807, 2.05) is 38.1 Å². The highest BCUT2D eigenvalue weighted by Gasteiger charge is 2.17. The van der Waals surface area contributed by atoms with Gasteiger partial charge in [-0.25, -0.2) is 4.98 Å². The van der Waals surface area contributed by atoms with Crippen LogP contribution in [0, 0.1) is 0 Å². The maximum atomic E-state index is 10.9. The molecule has 0 amide bonds. The van der Waals surface area contributed by atoms with E-state index in [1.54, 1.807) is 7.11 Å². The lowest BCUT2D eigenvalue weighted by molar-refractivity contribution is -0.136. The van der Waals surface area contributed by atoms with E-state index in [4.69, 9.17) is 9.84 Å². The zero-order valence-corrected chi connectivity index (χ0v) is 12.5. The zero-order valence-electron chi connectivity index (χ0n) is 11.7. The molecular weight excluding hydrogens is 274 g/mol. The molecule has 0 atom stereocenters. The van der Waals surface area contributed by atoms with Gasteiger partial charge in [-0.3, -0.25) is 4.79 Å². The van der Waals surface area contributed by atoms with Crippen molar-refractivity contribution in [1.82, 2.24) is 4.98 Å². The lowest BCUT2D eigenvalue weighted by atomic mass is 10.1. The number of aromatic nitrogens is 1. The Balaban J connectivity index is 2.38. The van der Waals surface area contributed by atoms with E-state index in [9.17, 15) is 4.79 Å². The number of thiazole rings is 1. The number of aliphatic carboxylic acids is 1. The van der Waals surface area contributed by atoms with Crippen LogP contribution in [0.25, 0.3) is 10.6 Å². The minimum absolute atomic E-state index is 0.0291. The predicted octanol–water partition coefficient (Wildman–Crippen LogP) is 3.57. The van der Waals surface area contributed by atoms with Gasteiger partial charge >= 0.3 is 5.97 Å². The number of hydrogen-bond acceptors (Lipinski definition) is 4. The summed E-state index contributed by atoms with van der Waals surface area (Å²) in [5, 5.41) is 9.84. The van der Waals surface area contributed by atoms with Crippen LogP contribution >= 0.6 is 11.3 Å². The van der Waals surface area contributed by atoms with E-state index >= 15 is 0 Å². The Morgan fingerprint density at radius 1 is 1.35 bits per heavy atom. The summed E-state index contributed by atoms with van der Waals surface area (Å²) in [5.74, 6) is 0.185. The van der Waals surface area contributed by atoms with Gasteiger partial charge in [0.2, 0.25) is 0 Å². The molecule has 0 saturated heterocycles. The van der Waals surface area contributed by atoms with Crippen molar-refractivity contribution in [1.29, 1.82) is 0 Å². The number of methoxy groups -OCH3 is 1. The van der Waals surface area contributed by atoms with Crippen LogP contribution in [0.4, 0.5) is 0 Å². The van der Waals surface area contributed by atoms with E-state index in [-0.39, 0.29) is 12.3 Å². The first kappa shape index (κ1) is 14.5. The van der Waals surface area contributed by atoms with Gasteiger partial charge in [0.1, 0.15) is 10.8 Å². The Kier molecular flexibility index (Phi) is 4.39. The highest BCUT2D eigenvalue weighted by Crippen LogP contribution is 2.32. The van der Waals surface area contributed by atoms with Crippen LogP contribution in [0.2, 0.25) is 0 Å². The van der Waals surface area contributed by atoms with Gasteiger partial charge in [-0.05, 0) is 30.2 Å². The minimum Gasteiger partial charge on any atom is -0.497 e. The molecule has 5 heteroatoms. The summed E-state index contributed by atoms with van der Waals surface area (Å²) >= 11 is 1.45. The van der Waals surface area contributed by atoms with Crippen LogP contribution in [0.3, 0.4) is 0 Å². The molecule has 4 nitrogen and oxygen atoms in total. The second-order valence-electron chi connectivity index (χ2n) is 4.78. The number of benzene rings is 1. The topological polar surface area (TPSA) is 59.4 Å². The highest BCUT2D eigenvalue weighted by molar-refractivity contribution is 7.15. The third kappa shape index (κ3) is 3.17. The number of carboxylic acids is 1. The molecule has 1 N–H and O–H groups in total. The Labute approximate surface area is 122 Å². The molecule has 0 aliphatic carbocycles. The largest absolute Gasteiger partial charge is 0.497 e. The summed E-state index contributed by atoms with van der Waals surface area (Å²) in [5.41, 5.74) is 1.86. The van der Waals surface area contributed by atoms with Gasteiger partial charge in [0.25, 0.3) is 0 Å². The average molecular weight is 291 g/mol. The van der Waals surface area contributed by atoms with Gasteiger partial charge < -0.3 is 9.84 Å². The molecule has 2 aromatic rings. The molecule has 0 saturated carbocycles. The molecule has 1 heterocycles. The fraction of sp³-hybridized carbons (Fsp3) is 0.333. The van der Waals surface area contributed by atoms with Crippen LogP contribution in [0.1, 0.15) is 30.3 Å². The van der Waals surface area contributed by atoms with Gasteiger partial charge in [0.15, 0.2) is 0 Å². The van der Waals surface area contributed by atoms with Crippen LogP contribution in [-0.4, -0.2) is 23.2 Å². The normalized spacial score (nSPS) is 10.8. The molecule has 106 valence electrons. The predicted molar refractivity (Wildman–Crippen MR) is 79.5 cm³/mol. The maximum Gasteiger partial charge on any atom is 0.308 e. The van der Waals surface area contributed by atoms with Gasteiger partial charge in [-0.15, -0.1) is 11.3 Å². The minimum atomic E-state index is -0.822. The molecule has 0 aliphatic rings. The number of hydrogen-bond donors (Lipinski definition) is 1. The molecule has 2 rings (SSSR count). The van der Waals surface area contributed by atoms with Crippen molar-refractivity contribution >= 4 is 17.3 Å². The van der Waals surface area contributed by atoms with Crippen LogP contribution in [0.5, 0.6) is 5.75 Å². The van der Waals surface area contributed by atoms with Crippen LogP contribution < -0.4 is 4.74 Å². The number of ether oxygens (including phenoxy) is 1.